The molecule has 1 heterocycles. The fourth-order valence-corrected chi connectivity index (χ4v) is 3.36. The molecule has 1 aromatic heterocycles. The minimum atomic E-state index is -0.0685. The van der Waals surface area contributed by atoms with Gasteiger partial charge < -0.3 is 10.1 Å². The third-order valence-electron chi connectivity index (χ3n) is 3.89. The zero-order valence-corrected chi connectivity index (χ0v) is 16.3. The van der Waals surface area contributed by atoms with Gasteiger partial charge in [-0.15, -0.1) is 0 Å². The summed E-state index contributed by atoms with van der Waals surface area (Å²) < 4.78 is 7.03. The number of rotatable bonds is 11. The molecule has 1 aromatic carbocycles. The van der Waals surface area contributed by atoms with Crippen LogP contribution >= 0.6 is 11.8 Å². The maximum atomic E-state index is 12.8. The van der Waals surface area contributed by atoms with Crippen LogP contribution in [0.15, 0.2) is 34.2 Å². The summed E-state index contributed by atoms with van der Waals surface area (Å²) in [6, 6.07) is 7.31. The Morgan fingerprint density at radius 1 is 1.27 bits per heavy atom. The van der Waals surface area contributed by atoms with E-state index in [1.165, 1.54) is 11.8 Å². The molecular weight excluding hydrogens is 350 g/mol. The Bertz CT molecular complexity index is 776. The molecule has 1 N–H and O–H groups in total. The molecule has 0 atom stereocenters. The van der Waals surface area contributed by atoms with Gasteiger partial charge in [0.1, 0.15) is 0 Å². The molecule has 6 nitrogen and oxygen atoms in total. The fourth-order valence-electron chi connectivity index (χ4n) is 2.51. The Morgan fingerprint density at radius 2 is 2.08 bits per heavy atom. The van der Waals surface area contributed by atoms with Crippen molar-refractivity contribution in [2.24, 2.45) is 0 Å². The Hall–Kier alpha value is -1.86. The van der Waals surface area contributed by atoms with Gasteiger partial charge in [0, 0.05) is 26.3 Å². The molecular formula is C19H27N3O3S. The van der Waals surface area contributed by atoms with Crippen molar-refractivity contribution in [3.63, 3.8) is 0 Å². The van der Waals surface area contributed by atoms with Crippen LogP contribution in [0.2, 0.25) is 0 Å². The van der Waals surface area contributed by atoms with Crippen LogP contribution in [0.1, 0.15) is 33.1 Å². The van der Waals surface area contributed by atoms with E-state index in [0.717, 1.165) is 19.3 Å². The lowest BCUT2D eigenvalue weighted by Gasteiger charge is -2.13. The number of nitrogens with one attached hydrogen (secondary N) is 1. The fraction of sp³-hybridized carbons (Fsp3) is 0.526. The monoisotopic (exact) mass is 377 g/mol. The SMILES string of the molecule is CCCCNC(=O)CSc1nc2ccccc2c(=O)n1CCCOCC. The van der Waals surface area contributed by atoms with E-state index in [-0.39, 0.29) is 17.2 Å². The molecule has 2 rings (SSSR count). The number of aromatic nitrogens is 2. The molecule has 142 valence electrons. The number of hydrogen-bond donors (Lipinski definition) is 1. The zero-order chi connectivity index (χ0) is 18.8. The number of ether oxygens (including phenoxy) is 1. The number of fused-ring (bicyclic) bond motifs is 1. The van der Waals surface area contributed by atoms with Crippen LogP contribution in [-0.4, -0.2) is 41.0 Å². The lowest BCUT2D eigenvalue weighted by molar-refractivity contribution is -0.118. The Kier molecular flexibility index (Phi) is 8.64. The molecule has 0 spiro atoms. The van der Waals surface area contributed by atoms with Crippen LogP contribution in [-0.2, 0) is 16.1 Å². The first-order valence-corrected chi connectivity index (χ1v) is 10.1. The van der Waals surface area contributed by atoms with Crippen molar-refractivity contribution in [3.8, 4) is 0 Å². The number of hydrogen-bond acceptors (Lipinski definition) is 5. The van der Waals surface area contributed by atoms with Crippen LogP contribution in [0.5, 0.6) is 0 Å². The summed E-state index contributed by atoms with van der Waals surface area (Å²) in [5.41, 5.74) is 0.591. The maximum absolute atomic E-state index is 12.8. The summed E-state index contributed by atoms with van der Waals surface area (Å²) in [5, 5.41) is 4.07. The smallest absolute Gasteiger partial charge is 0.262 e. The highest BCUT2D eigenvalue weighted by Gasteiger charge is 2.13. The highest BCUT2D eigenvalue weighted by molar-refractivity contribution is 7.99. The number of thioether (sulfide) groups is 1. The second-order valence-electron chi connectivity index (χ2n) is 5.91. The number of benzene rings is 1. The van der Waals surface area contributed by atoms with Crippen molar-refractivity contribution < 1.29 is 9.53 Å². The van der Waals surface area contributed by atoms with Gasteiger partial charge in [-0.25, -0.2) is 4.98 Å². The standard InChI is InChI=1S/C19H27N3O3S/c1-3-5-11-20-17(23)14-26-19-21-16-10-7-6-9-15(16)18(24)22(19)12-8-13-25-4-2/h6-7,9-10H,3-5,8,11-14H2,1-2H3,(H,20,23). The largest absolute Gasteiger partial charge is 0.382 e. The topological polar surface area (TPSA) is 73.2 Å². The molecule has 0 radical (unpaired) electrons. The van der Waals surface area contributed by atoms with Gasteiger partial charge in [0.05, 0.1) is 16.7 Å². The highest BCUT2D eigenvalue weighted by atomic mass is 32.2. The van der Waals surface area contributed by atoms with Gasteiger partial charge in [0.2, 0.25) is 5.91 Å². The summed E-state index contributed by atoms with van der Waals surface area (Å²) in [4.78, 5) is 29.4. The molecule has 0 saturated heterocycles. The normalized spacial score (nSPS) is 11.0. The molecule has 0 aliphatic carbocycles. The molecule has 26 heavy (non-hydrogen) atoms. The van der Waals surface area contributed by atoms with Gasteiger partial charge in [-0.05, 0) is 31.9 Å². The number of carbonyl (C=O) groups excluding carboxylic acids is 1. The first-order chi connectivity index (χ1) is 12.7. The van der Waals surface area contributed by atoms with Crippen molar-refractivity contribution in [1.82, 2.24) is 14.9 Å². The lowest BCUT2D eigenvalue weighted by atomic mass is 10.2. The van der Waals surface area contributed by atoms with Crippen molar-refractivity contribution >= 4 is 28.6 Å². The molecule has 0 aliphatic rings. The van der Waals surface area contributed by atoms with E-state index in [9.17, 15) is 9.59 Å². The second-order valence-corrected chi connectivity index (χ2v) is 6.85. The van der Waals surface area contributed by atoms with E-state index >= 15 is 0 Å². The summed E-state index contributed by atoms with van der Waals surface area (Å²) in [5.74, 6) is 0.215. The van der Waals surface area contributed by atoms with E-state index < -0.39 is 0 Å². The third kappa shape index (κ3) is 5.85. The number of carbonyl (C=O) groups is 1. The average molecular weight is 378 g/mol. The van der Waals surface area contributed by atoms with Crippen LogP contribution in [0.4, 0.5) is 0 Å². The minimum absolute atomic E-state index is 0.0354. The van der Waals surface area contributed by atoms with E-state index in [4.69, 9.17) is 4.74 Å². The molecule has 0 aliphatic heterocycles. The third-order valence-corrected chi connectivity index (χ3v) is 4.86. The summed E-state index contributed by atoms with van der Waals surface area (Å²) in [7, 11) is 0. The zero-order valence-electron chi connectivity index (χ0n) is 15.5. The van der Waals surface area contributed by atoms with Gasteiger partial charge >= 0.3 is 0 Å². The van der Waals surface area contributed by atoms with Gasteiger partial charge in [0.25, 0.3) is 5.56 Å². The lowest BCUT2D eigenvalue weighted by Crippen LogP contribution is -2.28. The van der Waals surface area contributed by atoms with Crippen LogP contribution in [0, 0.1) is 0 Å². The second kappa shape index (κ2) is 11.0. The average Bonchev–Trinajstić information content (AvgIpc) is 2.65. The number of nitrogens with zero attached hydrogens (tertiary/aromatic N) is 2. The number of unbranched alkanes of at least 4 members (excludes halogenated alkanes) is 1. The molecule has 0 unspecified atom stereocenters. The van der Waals surface area contributed by atoms with Gasteiger partial charge in [0.15, 0.2) is 5.16 Å². The Balaban J connectivity index is 2.16. The van der Waals surface area contributed by atoms with Crippen molar-refractivity contribution in [2.45, 2.75) is 44.8 Å². The first kappa shape index (κ1) is 20.5. The molecule has 0 bridgehead atoms. The predicted molar refractivity (Wildman–Crippen MR) is 106 cm³/mol. The van der Waals surface area contributed by atoms with Crippen LogP contribution < -0.4 is 10.9 Å². The maximum Gasteiger partial charge on any atom is 0.262 e. The van der Waals surface area contributed by atoms with Gasteiger partial charge in [-0.3, -0.25) is 14.2 Å². The summed E-state index contributed by atoms with van der Waals surface area (Å²) in [6.45, 7) is 6.49. The Morgan fingerprint density at radius 3 is 2.85 bits per heavy atom. The van der Waals surface area contributed by atoms with E-state index in [1.807, 2.05) is 25.1 Å². The molecule has 0 fully saturated rings. The predicted octanol–water partition coefficient (Wildman–Crippen LogP) is 2.83. The Labute approximate surface area is 158 Å². The molecule has 0 saturated carbocycles. The van der Waals surface area contributed by atoms with Crippen LogP contribution in [0.3, 0.4) is 0 Å². The quantitative estimate of drug-likeness (QED) is 0.370. The molecule has 2 aromatic rings. The van der Waals surface area contributed by atoms with Crippen molar-refractivity contribution in [3.05, 3.63) is 34.6 Å². The summed E-state index contributed by atoms with van der Waals surface area (Å²) in [6.07, 6.45) is 2.73. The van der Waals surface area contributed by atoms with E-state index in [1.54, 1.807) is 10.6 Å². The van der Waals surface area contributed by atoms with Gasteiger partial charge in [-0.1, -0.05) is 37.2 Å². The number of amides is 1. The van der Waals surface area contributed by atoms with Gasteiger partial charge in [-0.2, -0.15) is 0 Å². The van der Waals surface area contributed by atoms with Crippen molar-refractivity contribution in [1.29, 1.82) is 0 Å². The first-order valence-electron chi connectivity index (χ1n) is 9.14. The van der Waals surface area contributed by atoms with Crippen LogP contribution in [0.25, 0.3) is 10.9 Å². The minimum Gasteiger partial charge on any atom is -0.382 e. The number of para-hydroxylation sites is 1. The molecule has 1 amide bonds. The summed E-state index contributed by atoms with van der Waals surface area (Å²) >= 11 is 1.30. The van der Waals surface area contributed by atoms with Crippen molar-refractivity contribution in [2.75, 3.05) is 25.5 Å². The highest BCUT2D eigenvalue weighted by Crippen LogP contribution is 2.18. The molecule has 7 heteroatoms. The van der Waals surface area contributed by atoms with E-state index in [2.05, 4.69) is 17.2 Å². The van der Waals surface area contributed by atoms with E-state index in [0.29, 0.717) is 42.4 Å².